The highest BCUT2D eigenvalue weighted by Crippen LogP contribution is 2.17. The van der Waals surface area contributed by atoms with Crippen molar-refractivity contribution in [2.75, 3.05) is 13.6 Å². The predicted molar refractivity (Wildman–Crippen MR) is 73.3 cm³/mol. The Balaban J connectivity index is 2.45. The fraction of sp³-hybridized carbons (Fsp3) is 0.615. The maximum atomic E-state index is 12.0. The summed E-state index contributed by atoms with van der Waals surface area (Å²) >= 11 is 1.71. The third-order valence-electron chi connectivity index (χ3n) is 2.81. The van der Waals surface area contributed by atoms with Gasteiger partial charge in [0.05, 0.1) is 6.54 Å². The summed E-state index contributed by atoms with van der Waals surface area (Å²) in [5.74, 6) is 0.200. The van der Waals surface area contributed by atoms with Crippen LogP contribution in [-0.2, 0) is 11.3 Å². The molecule has 1 rings (SSSR count). The summed E-state index contributed by atoms with van der Waals surface area (Å²) in [6, 6.07) is 2.35. The molecule has 17 heavy (non-hydrogen) atoms. The van der Waals surface area contributed by atoms with Crippen LogP contribution in [0.25, 0.3) is 0 Å². The lowest BCUT2D eigenvalue weighted by Crippen LogP contribution is -2.34. The molecule has 3 nitrogen and oxygen atoms in total. The lowest BCUT2D eigenvalue weighted by molar-refractivity contribution is -0.130. The molecule has 1 amide bonds. The van der Waals surface area contributed by atoms with Crippen LogP contribution >= 0.6 is 11.3 Å². The maximum absolute atomic E-state index is 12.0. The Hall–Kier alpha value is -0.870. The van der Waals surface area contributed by atoms with Gasteiger partial charge in [-0.1, -0.05) is 6.92 Å². The number of hydrogen-bond donors (Lipinski definition) is 1. The first-order chi connectivity index (χ1) is 8.04. The van der Waals surface area contributed by atoms with Crippen LogP contribution in [-0.4, -0.2) is 30.4 Å². The van der Waals surface area contributed by atoms with E-state index in [4.69, 9.17) is 0 Å². The van der Waals surface area contributed by atoms with Crippen molar-refractivity contribution in [1.82, 2.24) is 10.2 Å². The first-order valence-electron chi connectivity index (χ1n) is 6.05. The molecule has 0 aromatic carbocycles. The van der Waals surface area contributed by atoms with Gasteiger partial charge in [-0.2, -0.15) is 0 Å². The van der Waals surface area contributed by atoms with Gasteiger partial charge in [-0.3, -0.25) is 4.79 Å². The second kappa shape index (κ2) is 6.77. The normalized spacial score (nSPS) is 12.5. The van der Waals surface area contributed by atoms with Crippen molar-refractivity contribution >= 4 is 17.2 Å². The number of nitrogens with one attached hydrogen (secondary N) is 1. The Bertz CT molecular complexity index is 362. The second-order valence-electron chi connectivity index (χ2n) is 4.44. The largest absolute Gasteiger partial charge is 0.341 e. The molecule has 0 radical (unpaired) electrons. The van der Waals surface area contributed by atoms with Gasteiger partial charge < -0.3 is 10.2 Å². The highest BCUT2D eigenvalue weighted by atomic mass is 32.1. The zero-order valence-corrected chi connectivity index (χ0v) is 11.9. The van der Waals surface area contributed by atoms with Crippen molar-refractivity contribution < 1.29 is 4.79 Å². The lowest BCUT2D eigenvalue weighted by Gasteiger charge is -2.19. The number of carbonyl (C=O) groups excluding carboxylic acids is 1. The van der Waals surface area contributed by atoms with Gasteiger partial charge in [0.1, 0.15) is 0 Å². The molecule has 0 aliphatic carbocycles. The Morgan fingerprint density at radius 3 is 2.82 bits per heavy atom. The SMILES string of the molecule is CCNC(C)CC(=O)N(C)Cc1sccc1C. The molecule has 0 bridgehead atoms. The summed E-state index contributed by atoms with van der Waals surface area (Å²) in [4.78, 5) is 15.0. The van der Waals surface area contributed by atoms with E-state index in [0.29, 0.717) is 6.42 Å². The first kappa shape index (κ1) is 14.2. The molecule has 1 atom stereocenters. The Labute approximate surface area is 108 Å². The smallest absolute Gasteiger partial charge is 0.224 e. The van der Waals surface area contributed by atoms with Crippen LogP contribution in [0.5, 0.6) is 0 Å². The van der Waals surface area contributed by atoms with Crippen LogP contribution in [0.1, 0.15) is 30.7 Å². The number of thiophene rings is 1. The summed E-state index contributed by atoms with van der Waals surface area (Å²) < 4.78 is 0. The van der Waals surface area contributed by atoms with Crippen molar-refractivity contribution in [3.05, 3.63) is 21.9 Å². The minimum atomic E-state index is 0.200. The molecule has 0 spiro atoms. The topological polar surface area (TPSA) is 32.3 Å². The molecule has 1 N–H and O–H groups in total. The molecular formula is C13H22N2OS. The third kappa shape index (κ3) is 4.48. The molecule has 0 aliphatic rings. The van der Waals surface area contributed by atoms with Gasteiger partial charge in [0.25, 0.3) is 0 Å². The van der Waals surface area contributed by atoms with Crippen molar-refractivity contribution in [2.45, 2.75) is 39.8 Å². The van der Waals surface area contributed by atoms with E-state index in [1.165, 1.54) is 10.4 Å². The summed E-state index contributed by atoms with van der Waals surface area (Å²) in [6.07, 6.45) is 0.564. The standard InChI is InChI=1S/C13H22N2OS/c1-5-14-11(3)8-13(16)15(4)9-12-10(2)6-7-17-12/h6-7,11,14H,5,8-9H2,1-4H3. The number of carbonyl (C=O) groups is 1. The highest BCUT2D eigenvalue weighted by molar-refractivity contribution is 7.10. The zero-order chi connectivity index (χ0) is 12.8. The fourth-order valence-corrected chi connectivity index (χ4v) is 2.67. The minimum absolute atomic E-state index is 0.200. The second-order valence-corrected chi connectivity index (χ2v) is 5.44. The van der Waals surface area contributed by atoms with Crippen LogP contribution < -0.4 is 5.32 Å². The van der Waals surface area contributed by atoms with Crippen LogP contribution in [0, 0.1) is 6.92 Å². The van der Waals surface area contributed by atoms with E-state index in [-0.39, 0.29) is 11.9 Å². The van der Waals surface area contributed by atoms with Crippen molar-refractivity contribution in [3.63, 3.8) is 0 Å². The molecule has 0 aliphatic heterocycles. The van der Waals surface area contributed by atoms with Crippen molar-refractivity contribution in [3.8, 4) is 0 Å². The average Bonchev–Trinajstić information content (AvgIpc) is 2.64. The summed E-state index contributed by atoms with van der Waals surface area (Å²) in [6.45, 7) is 7.82. The Morgan fingerprint density at radius 2 is 2.29 bits per heavy atom. The van der Waals surface area contributed by atoms with Crippen LogP contribution in [0.4, 0.5) is 0 Å². The highest BCUT2D eigenvalue weighted by Gasteiger charge is 2.14. The number of aryl methyl sites for hydroxylation is 1. The third-order valence-corrected chi connectivity index (χ3v) is 3.82. The minimum Gasteiger partial charge on any atom is -0.341 e. The van der Waals surface area contributed by atoms with Crippen molar-refractivity contribution in [1.29, 1.82) is 0 Å². The van der Waals surface area contributed by atoms with E-state index in [1.54, 1.807) is 11.3 Å². The maximum Gasteiger partial charge on any atom is 0.224 e. The van der Waals surface area contributed by atoms with Gasteiger partial charge in [-0.15, -0.1) is 11.3 Å². The molecule has 96 valence electrons. The molecule has 0 saturated heterocycles. The number of rotatable bonds is 6. The molecule has 1 unspecified atom stereocenters. The zero-order valence-electron chi connectivity index (χ0n) is 11.1. The Morgan fingerprint density at radius 1 is 1.59 bits per heavy atom. The summed E-state index contributed by atoms with van der Waals surface area (Å²) in [5, 5.41) is 5.33. The van der Waals surface area contributed by atoms with E-state index in [0.717, 1.165) is 13.1 Å². The van der Waals surface area contributed by atoms with E-state index < -0.39 is 0 Å². The monoisotopic (exact) mass is 254 g/mol. The van der Waals surface area contributed by atoms with Gasteiger partial charge >= 0.3 is 0 Å². The van der Waals surface area contributed by atoms with E-state index in [9.17, 15) is 4.79 Å². The van der Waals surface area contributed by atoms with Gasteiger partial charge in [0, 0.05) is 24.4 Å². The van der Waals surface area contributed by atoms with Gasteiger partial charge in [0.2, 0.25) is 5.91 Å². The first-order valence-corrected chi connectivity index (χ1v) is 6.92. The molecule has 0 fully saturated rings. The fourth-order valence-electron chi connectivity index (χ4n) is 1.71. The van der Waals surface area contributed by atoms with Crippen LogP contribution in [0.2, 0.25) is 0 Å². The molecular weight excluding hydrogens is 232 g/mol. The quantitative estimate of drug-likeness (QED) is 0.845. The van der Waals surface area contributed by atoms with Gasteiger partial charge in [-0.05, 0) is 37.4 Å². The molecule has 1 aromatic rings. The molecule has 0 saturated carbocycles. The lowest BCUT2D eigenvalue weighted by atomic mass is 10.2. The number of hydrogen-bond acceptors (Lipinski definition) is 3. The van der Waals surface area contributed by atoms with E-state index in [2.05, 4.69) is 30.6 Å². The average molecular weight is 254 g/mol. The van der Waals surface area contributed by atoms with Gasteiger partial charge in [-0.25, -0.2) is 0 Å². The van der Waals surface area contributed by atoms with Crippen LogP contribution in [0.15, 0.2) is 11.4 Å². The predicted octanol–water partition coefficient (Wildman–Crippen LogP) is 2.40. The van der Waals surface area contributed by atoms with Crippen molar-refractivity contribution in [2.24, 2.45) is 0 Å². The van der Waals surface area contributed by atoms with Gasteiger partial charge in [0.15, 0.2) is 0 Å². The molecule has 4 heteroatoms. The Kier molecular flexibility index (Phi) is 5.65. The van der Waals surface area contributed by atoms with E-state index >= 15 is 0 Å². The number of nitrogens with zero attached hydrogens (tertiary/aromatic N) is 1. The summed E-state index contributed by atoms with van der Waals surface area (Å²) in [5.41, 5.74) is 1.27. The van der Waals surface area contributed by atoms with E-state index in [1.807, 2.05) is 18.9 Å². The number of amides is 1. The molecule has 1 aromatic heterocycles. The molecule has 1 heterocycles. The van der Waals surface area contributed by atoms with Crippen LogP contribution in [0.3, 0.4) is 0 Å². The summed E-state index contributed by atoms with van der Waals surface area (Å²) in [7, 11) is 1.88.